The van der Waals surface area contributed by atoms with Crippen LogP contribution >= 0.6 is 12.2 Å². The van der Waals surface area contributed by atoms with Crippen molar-refractivity contribution in [2.75, 3.05) is 7.11 Å². The first kappa shape index (κ1) is 17.6. The highest BCUT2D eigenvalue weighted by Gasteiger charge is 2.65. The quantitative estimate of drug-likeness (QED) is 0.764. The molecular formula is C22H28N2O2S. The molecule has 1 saturated heterocycles. The highest BCUT2D eigenvalue weighted by atomic mass is 32.1. The van der Waals surface area contributed by atoms with Crippen LogP contribution in [0, 0.1) is 5.41 Å². The summed E-state index contributed by atoms with van der Waals surface area (Å²) in [6.45, 7) is 0. The van der Waals surface area contributed by atoms with E-state index in [1.807, 2.05) is 0 Å². The van der Waals surface area contributed by atoms with Crippen molar-refractivity contribution in [3.8, 4) is 0 Å². The standard InChI is InChI=1S/C22H28N2O2S/c1-26-17-8-10-21(11-9-17)13-16-7-6-15(14-4-2-3-5-14)12-18(16)22(21)19(25)23-20(27)24-22/h6-7,12,14,17H,2-5,8-11,13H2,1H3,(H2,23,24,25,27). The molecule has 2 N–H and O–H groups in total. The van der Waals surface area contributed by atoms with E-state index < -0.39 is 5.54 Å². The van der Waals surface area contributed by atoms with Gasteiger partial charge in [-0.15, -0.1) is 0 Å². The van der Waals surface area contributed by atoms with Crippen LogP contribution < -0.4 is 10.6 Å². The second-order valence-corrected chi connectivity index (χ2v) is 9.36. The summed E-state index contributed by atoms with van der Waals surface area (Å²) in [4.78, 5) is 13.3. The average Bonchev–Trinajstić information content (AvgIpc) is 3.36. The second-order valence-electron chi connectivity index (χ2n) is 8.95. The fraction of sp³-hybridized carbons (Fsp3) is 0.636. The van der Waals surface area contributed by atoms with Gasteiger partial charge in [0.25, 0.3) is 5.91 Å². The Hall–Kier alpha value is -1.46. The van der Waals surface area contributed by atoms with Crippen molar-refractivity contribution >= 4 is 23.2 Å². The van der Waals surface area contributed by atoms with Crippen LogP contribution in [0.5, 0.6) is 0 Å². The van der Waals surface area contributed by atoms with E-state index in [1.54, 1.807) is 7.11 Å². The van der Waals surface area contributed by atoms with Gasteiger partial charge in [-0.05, 0) is 79.8 Å². The molecule has 2 saturated carbocycles. The summed E-state index contributed by atoms with van der Waals surface area (Å²) in [6, 6.07) is 6.94. The highest BCUT2D eigenvalue weighted by Crippen LogP contribution is 2.59. The van der Waals surface area contributed by atoms with Gasteiger partial charge in [-0.2, -0.15) is 0 Å². The van der Waals surface area contributed by atoms with Gasteiger partial charge in [0.2, 0.25) is 0 Å². The molecule has 1 atom stereocenters. The lowest BCUT2D eigenvalue weighted by atomic mass is 9.61. The van der Waals surface area contributed by atoms with Gasteiger partial charge in [0.15, 0.2) is 10.7 Å². The minimum atomic E-state index is -0.702. The lowest BCUT2D eigenvalue weighted by Gasteiger charge is -2.46. The predicted molar refractivity (Wildman–Crippen MR) is 109 cm³/mol. The Balaban J connectivity index is 1.60. The topological polar surface area (TPSA) is 50.4 Å². The number of benzene rings is 1. The molecule has 3 aliphatic carbocycles. The number of hydrogen-bond acceptors (Lipinski definition) is 3. The molecule has 3 fully saturated rings. The molecule has 0 aromatic heterocycles. The third-order valence-corrected chi connectivity index (χ3v) is 7.98. The molecule has 1 aromatic rings. The molecule has 0 radical (unpaired) electrons. The molecule has 1 heterocycles. The number of fused-ring (bicyclic) bond motifs is 3. The molecule has 5 heteroatoms. The van der Waals surface area contributed by atoms with Crippen molar-refractivity contribution in [3.63, 3.8) is 0 Å². The fourth-order valence-electron chi connectivity index (χ4n) is 6.34. The molecule has 1 aromatic carbocycles. The van der Waals surface area contributed by atoms with Crippen LogP contribution in [-0.4, -0.2) is 24.2 Å². The Morgan fingerprint density at radius 1 is 1.15 bits per heavy atom. The maximum Gasteiger partial charge on any atom is 0.257 e. The first-order chi connectivity index (χ1) is 13.1. The Labute approximate surface area is 166 Å². The normalized spacial score (nSPS) is 35.7. The highest BCUT2D eigenvalue weighted by molar-refractivity contribution is 7.80. The molecule has 27 heavy (non-hydrogen) atoms. The number of carbonyl (C=O) groups is 1. The van der Waals surface area contributed by atoms with Gasteiger partial charge in [0.1, 0.15) is 0 Å². The smallest absolute Gasteiger partial charge is 0.257 e. The summed E-state index contributed by atoms with van der Waals surface area (Å²) in [7, 11) is 1.80. The maximum atomic E-state index is 13.3. The first-order valence-electron chi connectivity index (χ1n) is 10.4. The predicted octanol–water partition coefficient (Wildman–Crippen LogP) is 3.68. The zero-order chi connectivity index (χ0) is 18.6. The Morgan fingerprint density at radius 3 is 2.52 bits per heavy atom. The lowest BCUT2D eigenvalue weighted by Crippen LogP contribution is -2.56. The summed E-state index contributed by atoms with van der Waals surface area (Å²) < 4.78 is 5.61. The van der Waals surface area contributed by atoms with Crippen molar-refractivity contribution in [1.82, 2.24) is 10.6 Å². The number of thiocarbonyl (C=S) groups is 1. The van der Waals surface area contributed by atoms with Crippen LogP contribution in [0.1, 0.15) is 74.0 Å². The monoisotopic (exact) mass is 384 g/mol. The lowest BCUT2D eigenvalue weighted by molar-refractivity contribution is -0.131. The van der Waals surface area contributed by atoms with Gasteiger partial charge in [-0.25, -0.2) is 0 Å². The maximum absolute atomic E-state index is 13.3. The first-order valence-corrected chi connectivity index (χ1v) is 10.8. The van der Waals surface area contributed by atoms with Crippen LogP contribution in [0.15, 0.2) is 18.2 Å². The van der Waals surface area contributed by atoms with Crippen molar-refractivity contribution < 1.29 is 9.53 Å². The molecule has 5 rings (SSSR count). The van der Waals surface area contributed by atoms with Crippen LogP contribution in [0.4, 0.5) is 0 Å². The number of amides is 1. The summed E-state index contributed by atoms with van der Waals surface area (Å²) in [5, 5.41) is 6.88. The molecule has 1 aliphatic heterocycles. The van der Waals surface area contributed by atoms with Gasteiger partial charge in [0.05, 0.1) is 6.10 Å². The minimum Gasteiger partial charge on any atom is -0.381 e. The molecule has 1 amide bonds. The van der Waals surface area contributed by atoms with Crippen LogP contribution in [0.25, 0.3) is 0 Å². The Morgan fingerprint density at radius 2 is 1.89 bits per heavy atom. The summed E-state index contributed by atoms with van der Waals surface area (Å²) in [5.74, 6) is 0.690. The molecule has 4 nitrogen and oxygen atoms in total. The molecule has 2 spiro atoms. The SMILES string of the molecule is COC1CCC2(CC1)Cc1ccc(C3CCCC3)cc1C21NC(=S)NC1=O. The van der Waals surface area contributed by atoms with Crippen molar-refractivity contribution in [2.24, 2.45) is 5.41 Å². The number of nitrogens with one attached hydrogen (secondary N) is 2. The second kappa shape index (κ2) is 6.28. The van der Waals surface area contributed by atoms with Crippen molar-refractivity contribution in [1.29, 1.82) is 0 Å². The van der Waals surface area contributed by atoms with Crippen molar-refractivity contribution in [2.45, 2.75) is 75.3 Å². The van der Waals surface area contributed by atoms with E-state index in [0.29, 0.717) is 17.1 Å². The zero-order valence-electron chi connectivity index (χ0n) is 16.0. The zero-order valence-corrected chi connectivity index (χ0v) is 16.8. The van der Waals surface area contributed by atoms with E-state index in [-0.39, 0.29) is 11.3 Å². The van der Waals surface area contributed by atoms with Gasteiger partial charge in [-0.1, -0.05) is 31.0 Å². The molecule has 144 valence electrons. The largest absolute Gasteiger partial charge is 0.381 e. The van der Waals surface area contributed by atoms with Crippen LogP contribution in [-0.2, 0) is 21.5 Å². The van der Waals surface area contributed by atoms with Crippen LogP contribution in [0.3, 0.4) is 0 Å². The number of carbonyl (C=O) groups excluding carboxylic acids is 1. The van der Waals surface area contributed by atoms with Crippen LogP contribution in [0.2, 0.25) is 0 Å². The number of methoxy groups -OCH3 is 1. The third kappa shape index (κ3) is 2.44. The minimum absolute atomic E-state index is 0.0469. The van der Waals surface area contributed by atoms with E-state index in [1.165, 1.54) is 42.4 Å². The molecule has 0 bridgehead atoms. The Bertz CT molecular complexity index is 794. The number of hydrogen-bond donors (Lipinski definition) is 2. The van der Waals surface area contributed by atoms with E-state index in [4.69, 9.17) is 17.0 Å². The van der Waals surface area contributed by atoms with Gasteiger partial charge < -0.3 is 15.4 Å². The summed E-state index contributed by atoms with van der Waals surface area (Å²) >= 11 is 5.41. The van der Waals surface area contributed by atoms with E-state index >= 15 is 0 Å². The van der Waals surface area contributed by atoms with E-state index in [0.717, 1.165) is 32.1 Å². The van der Waals surface area contributed by atoms with Gasteiger partial charge in [-0.3, -0.25) is 4.79 Å². The third-order valence-electron chi connectivity index (χ3n) is 7.78. The van der Waals surface area contributed by atoms with Crippen molar-refractivity contribution in [3.05, 3.63) is 34.9 Å². The van der Waals surface area contributed by atoms with E-state index in [9.17, 15) is 4.79 Å². The summed E-state index contributed by atoms with van der Waals surface area (Å²) in [6.07, 6.45) is 10.4. The molecule has 1 unspecified atom stereocenters. The van der Waals surface area contributed by atoms with Gasteiger partial charge >= 0.3 is 0 Å². The fourth-order valence-corrected chi connectivity index (χ4v) is 6.59. The molecule has 4 aliphatic rings. The van der Waals surface area contributed by atoms with E-state index in [2.05, 4.69) is 28.8 Å². The Kier molecular flexibility index (Phi) is 4.10. The average molecular weight is 385 g/mol. The number of ether oxygens (including phenoxy) is 1. The van der Waals surface area contributed by atoms with Gasteiger partial charge in [0, 0.05) is 12.5 Å². The number of rotatable bonds is 2. The summed E-state index contributed by atoms with van der Waals surface area (Å²) in [5.41, 5.74) is 3.09. The molecular weight excluding hydrogens is 356 g/mol.